The first-order valence-electron chi connectivity index (χ1n) is 22.0. The van der Waals surface area contributed by atoms with Gasteiger partial charge in [0.1, 0.15) is 17.9 Å². The molecular weight excluding hydrogens is 817 g/mol. The molecule has 1 aliphatic heterocycles. The predicted octanol–water partition coefficient (Wildman–Crippen LogP) is 3.53. The van der Waals surface area contributed by atoms with E-state index >= 15 is 0 Å². The second kappa shape index (κ2) is 33.3. The Labute approximate surface area is 371 Å². The van der Waals surface area contributed by atoms with E-state index in [9.17, 15) is 4.79 Å². The number of nitrogens with two attached hydrogens (primary N) is 1. The summed E-state index contributed by atoms with van der Waals surface area (Å²) >= 11 is 0. The second-order valence-electron chi connectivity index (χ2n) is 14.2. The number of carbonyl (C=O) groups is 1. The third-order valence-electron chi connectivity index (χ3n) is 9.05. The highest BCUT2D eigenvalue weighted by Gasteiger charge is 2.23. The van der Waals surface area contributed by atoms with Crippen LogP contribution in [0.15, 0.2) is 53.7 Å². The summed E-state index contributed by atoms with van der Waals surface area (Å²) in [5, 5.41) is 8.55. The zero-order chi connectivity index (χ0) is 44.4. The Bertz CT molecular complexity index is 1720. The van der Waals surface area contributed by atoms with Crippen molar-refractivity contribution < 1.29 is 52.2 Å². The van der Waals surface area contributed by atoms with Crippen LogP contribution >= 0.6 is 0 Å². The summed E-state index contributed by atoms with van der Waals surface area (Å²) in [4.78, 5) is 28.4. The van der Waals surface area contributed by atoms with E-state index in [0.29, 0.717) is 168 Å². The molecule has 350 valence electrons. The SMILES string of the molecule is CCCOCCOCCOCCOCCOCCOCCOCCOCCOCCOCCn1cc(CN(CCC)C(=O)C2=Cc3ccc(-c4cncnc4)cc3N=C(N)C2)nn1. The summed E-state index contributed by atoms with van der Waals surface area (Å²) < 4.78 is 56.9. The summed E-state index contributed by atoms with van der Waals surface area (Å²) in [7, 11) is 0. The Morgan fingerprint density at radius 1 is 0.651 bits per heavy atom. The zero-order valence-electron chi connectivity index (χ0n) is 37.2. The smallest absolute Gasteiger partial charge is 0.250 e. The van der Waals surface area contributed by atoms with Gasteiger partial charge in [-0.25, -0.2) is 19.6 Å². The van der Waals surface area contributed by atoms with Crippen molar-refractivity contribution in [1.29, 1.82) is 0 Å². The van der Waals surface area contributed by atoms with Gasteiger partial charge >= 0.3 is 0 Å². The van der Waals surface area contributed by atoms with Crippen LogP contribution in [0.4, 0.5) is 5.69 Å². The lowest BCUT2D eigenvalue weighted by molar-refractivity contribution is -0.127. The normalized spacial score (nSPS) is 12.5. The van der Waals surface area contributed by atoms with Crippen LogP contribution in [0.5, 0.6) is 0 Å². The minimum atomic E-state index is -0.112. The Morgan fingerprint density at radius 2 is 1.14 bits per heavy atom. The van der Waals surface area contributed by atoms with Crippen LogP contribution in [0, 0.1) is 0 Å². The molecule has 0 saturated heterocycles. The average molecular weight is 885 g/mol. The summed E-state index contributed by atoms with van der Waals surface area (Å²) in [6, 6.07) is 5.84. The maximum absolute atomic E-state index is 13.8. The van der Waals surface area contributed by atoms with Gasteiger partial charge in [-0.15, -0.1) is 5.10 Å². The highest BCUT2D eigenvalue weighted by Crippen LogP contribution is 2.31. The molecule has 1 amide bonds. The highest BCUT2D eigenvalue weighted by atomic mass is 16.6. The van der Waals surface area contributed by atoms with Crippen molar-refractivity contribution in [3.63, 3.8) is 0 Å². The van der Waals surface area contributed by atoms with Crippen LogP contribution in [0.2, 0.25) is 0 Å². The van der Waals surface area contributed by atoms with E-state index < -0.39 is 0 Å². The molecule has 19 heteroatoms. The van der Waals surface area contributed by atoms with Crippen molar-refractivity contribution in [1.82, 2.24) is 29.9 Å². The van der Waals surface area contributed by atoms with E-state index in [0.717, 1.165) is 36.1 Å². The molecule has 1 aromatic carbocycles. The number of amides is 1. The van der Waals surface area contributed by atoms with E-state index in [4.69, 9.17) is 53.1 Å². The first kappa shape index (κ1) is 51.4. The van der Waals surface area contributed by atoms with Gasteiger partial charge in [0.05, 0.1) is 151 Å². The van der Waals surface area contributed by atoms with Crippen LogP contribution in [0.3, 0.4) is 0 Å². The van der Waals surface area contributed by atoms with Crippen LogP contribution in [-0.2, 0) is 65.3 Å². The topological polar surface area (TPSA) is 207 Å². The van der Waals surface area contributed by atoms with E-state index in [1.807, 2.05) is 37.4 Å². The first-order valence-corrected chi connectivity index (χ1v) is 22.0. The number of hydrogen-bond acceptors (Lipinski definition) is 17. The monoisotopic (exact) mass is 885 g/mol. The van der Waals surface area contributed by atoms with Crippen molar-refractivity contribution in [2.45, 2.75) is 46.2 Å². The maximum Gasteiger partial charge on any atom is 0.250 e. The van der Waals surface area contributed by atoms with Gasteiger partial charge in [0.2, 0.25) is 0 Å². The summed E-state index contributed by atoms with van der Waals surface area (Å²) in [6.07, 6.45) is 10.7. The van der Waals surface area contributed by atoms with Gasteiger partial charge in [-0.2, -0.15) is 0 Å². The van der Waals surface area contributed by atoms with E-state index in [-0.39, 0.29) is 12.3 Å². The summed E-state index contributed by atoms with van der Waals surface area (Å²) in [6.45, 7) is 15.8. The van der Waals surface area contributed by atoms with Gasteiger partial charge in [0, 0.05) is 48.7 Å². The van der Waals surface area contributed by atoms with E-state index in [1.165, 1.54) is 6.33 Å². The number of benzene rings is 1. The number of aliphatic imine (C=N–C) groups is 1. The van der Waals surface area contributed by atoms with Crippen molar-refractivity contribution >= 4 is 23.5 Å². The fourth-order valence-corrected chi connectivity index (χ4v) is 5.98. The number of hydrogen-bond donors (Lipinski definition) is 1. The van der Waals surface area contributed by atoms with Crippen molar-refractivity contribution in [2.75, 3.05) is 139 Å². The minimum Gasteiger partial charge on any atom is -0.387 e. The molecule has 3 heterocycles. The van der Waals surface area contributed by atoms with E-state index in [1.54, 1.807) is 22.0 Å². The van der Waals surface area contributed by atoms with Crippen molar-refractivity contribution in [3.8, 4) is 11.1 Å². The molecule has 2 aromatic heterocycles. The Morgan fingerprint density at radius 3 is 1.63 bits per heavy atom. The molecule has 19 nitrogen and oxygen atoms in total. The quantitative estimate of drug-likeness (QED) is 0.0817. The lowest BCUT2D eigenvalue weighted by Crippen LogP contribution is -2.33. The lowest BCUT2D eigenvalue weighted by atomic mass is 10.0. The zero-order valence-corrected chi connectivity index (χ0v) is 37.2. The van der Waals surface area contributed by atoms with Crippen LogP contribution in [-0.4, -0.2) is 180 Å². The molecule has 0 saturated carbocycles. The summed E-state index contributed by atoms with van der Waals surface area (Å²) in [5.74, 6) is 0.256. The van der Waals surface area contributed by atoms with E-state index in [2.05, 4.69) is 32.2 Å². The van der Waals surface area contributed by atoms with Gasteiger partial charge in [-0.05, 0) is 30.5 Å². The molecule has 0 atom stereocenters. The van der Waals surface area contributed by atoms with Gasteiger partial charge < -0.3 is 58.0 Å². The molecule has 0 unspecified atom stereocenters. The number of rotatable bonds is 38. The summed E-state index contributed by atoms with van der Waals surface area (Å²) in [5.41, 5.74) is 10.9. The maximum atomic E-state index is 13.8. The highest BCUT2D eigenvalue weighted by molar-refractivity contribution is 6.05. The van der Waals surface area contributed by atoms with Crippen LogP contribution < -0.4 is 5.73 Å². The molecular formula is C44H68N8O11. The molecule has 0 bridgehead atoms. The fraction of sp³-hybridized carbons (Fsp3) is 0.636. The lowest BCUT2D eigenvalue weighted by Gasteiger charge is -2.22. The van der Waals surface area contributed by atoms with Gasteiger partial charge in [0.15, 0.2) is 0 Å². The van der Waals surface area contributed by atoms with Crippen molar-refractivity contribution in [2.24, 2.45) is 10.7 Å². The largest absolute Gasteiger partial charge is 0.387 e. The number of ether oxygens (including phenoxy) is 10. The molecule has 3 aromatic rings. The predicted molar refractivity (Wildman–Crippen MR) is 236 cm³/mol. The number of carbonyl (C=O) groups excluding carboxylic acids is 1. The third kappa shape index (κ3) is 22.3. The van der Waals surface area contributed by atoms with Gasteiger partial charge in [0.25, 0.3) is 5.91 Å². The second-order valence-corrected chi connectivity index (χ2v) is 14.2. The number of fused-ring (bicyclic) bond motifs is 1. The van der Waals surface area contributed by atoms with Crippen molar-refractivity contribution in [3.05, 3.63) is 59.9 Å². The Kier molecular flexibility index (Phi) is 27.1. The molecule has 1 aliphatic rings. The molecule has 63 heavy (non-hydrogen) atoms. The number of amidine groups is 1. The van der Waals surface area contributed by atoms with Gasteiger partial charge in [-0.1, -0.05) is 31.2 Å². The molecule has 0 radical (unpaired) electrons. The molecule has 0 aliphatic carbocycles. The minimum absolute atomic E-state index is 0.112. The van der Waals surface area contributed by atoms with Crippen LogP contribution in [0.1, 0.15) is 44.4 Å². The Hall–Kier alpha value is -4.28. The number of aromatic nitrogens is 5. The molecule has 0 spiro atoms. The molecule has 0 fully saturated rings. The fourth-order valence-electron chi connectivity index (χ4n) is 5.98. The standard InChI is InChI=1S/C44H68N8O11/c1-3-7-51(44(53)39-29-38-6-5-37(40-32-46-36-47-33-40)30-42(38)48-43(45)31-39)34-41-35-52(50-49-41)8-10-55-12-14-57-16-18-59-20-22-61-24-26-63-28-27-62-25-23-60-21-19-58-17-15-56-13-11-54-9-4-2/h5-6,29-30,32-33,35-36H,3-4,7-28,31,34H2,1-2H3,(H2,45,48). The molecule has 4 rings (SSSR count). The third-order valence-corrected chi connectivity index (χ3v) is 9.05. The molecule has 2 N–H and O–H groups in total. The number of nitrogens with zero attached hydrogens (tertiary/aromatic N) is 7. The Balaban J connectivity index is 0.935. The van der Waals surface area contributed by atoms with Gasteiger partial charge in [-0.3, -0.25) is 4.79 Å². The van der Waals surface area contributed by atoms with Crippen LogP contribution in [0.25, 0.3) is 17.2 Å². The average Bonchev–Trinajstić information content (AvgIpc) is 3.67. The first-order chi connectivity index (χ1) is 31.1.